The van der Waals surface area contributed by atoms with Crippen LogP contribution in [0.2, 0.25) is 0 Å². The number of nitrogens with zero attached hydrogens (tertiary/aromatic N) is 2. The number of piperazine rings is 1. The van der Waals surface area contributed by atoms with E-state index >= 15 is 0 Å². The fourth-order valence-electron chi connectivity index (χ4n) is 3.29. The fraction of sp³-hybridized carbons (Fsp3) is 0.632. The summed E-state index contributed by atoms with van der Waals surface area (Å²) < 4.78 is 27.3. The zero-order chi connectivity index (χ0) is 19.4. The smallest absolute Gasteiger partial charge is 0.243 e. The number of carbonyl (C=O) groups is 1. The van der Waals surface area contributed by atoms with E-state index in [1.165, 1.54) is 4.31 Å². The summed E-state index contributed by atoms with van der Waals surface area (Å²) in [4.78, 5) is 14.6. The van der Waals surface area contributed by atoms with Gasteiger partial charge in [0.2, 0.25) is 15.9 Å². The number of hydrogen-bond donors (Lipinski definition) is 1. The van der Waals surface area contributed by atoms with Gasteiger partial charge >= 0.3 is 0 Å². The summed E-state index contributed by atoms with van der Waals surface area (Å²) in [5.41, 5.74) is 1.09. The number of amides is 1. The molecule has 6 nitrogen and oxygen atoms in total. The SMILES string of the molecule is CC(C(=O)NC1CC1)N1CCN(S(=O)(=O)c2ccc(CCCCl)cc2)CC1. The minimum Gasteiger partial charge on any atom is -0.352 e. The molecular formula is C19H28ClN3O3S. The normalized spacial score (nSPS) is 20.4. The van der Waals surface area contributed by atoms with Crippen LogP contribution >= 0.6 is 11.6 Å². The lowest BCUT2D eigenvalue weighted by atomic mass is 10.1. The molecule has 1 amide bonds. The lowest BCUT2D eigenvalue weighted by molar-refractivity contribution is -0.126. The van der Waals surface area contributed by atoms with Gasteiger partial charge in [0.25, 0.3) is 0 Å². The number of halogens is 1. The van der Waals surface area contributed by atoms with E-state index in [2.05, 4.69) is 10.2 Å². The number of hydrogen-bond acceptors (Lipinski definition) is 4. The molecular weight excluding hydrogens is 386 g/mol. The van der Waals surface area contributed by atoms with Crippen molar-refractivity contribution in [3.05, 3.63) is 29.8 Å². The number of rotatable bonds is 8. The summed E-state index contributed by atoms with van der Waals surface area (Å²) in [5.74, 6) is 0.642. The van der Waals surface area contributed by atoms with Crippen molar-refractivity contribution in [3.63, 3.8) is 0 Å². The third-order valence-electron chi connectivity index (χ3n) is 5.28. The standard InChI is InChI=1S/C19H28ClN3O3S/c1-15(19(24)21-17-6-7-17)22-11-13-23(14-12-22)27(25,26)18-8-4-16(5-9-18)3-2-10-20/h4-5,8-9,15,17H,2-3,6-7,10-14H2,1H3,(H,21,24). The van der Waals surface area contributed by atoms with Gasteiger partial charge in [0.05, 0.1) is 10.9 Å². The Morgan fingerprint density at radius 2 is 1.81 bits per heavy atom. The molecule has 27 heavy (non-hydrogen) atoms. The topological polar surface area (TPSA) is 69.7 Å². The number of carbonyl (C=O) groups excluding carboxylic acids is 1. The summed E-state index contributed by atoms with van der Waals surface area (Å²) in [5, 5.41) is 3.02. The molecule has 1 unspecified atom stereocenters. The van der Waals surface area contributed by atoms with Gasteiger partial charge in [-0.25, -0.2) is 8.42 Å². The van der Waals surface area contributed by atoms with Crippen molar-refractivity contribution in [3.8, 4) is 0 Å². The Kier molecular flexibility index (Phi) is 6.78. The Morgan fingerprint density at radius 1 is 1.19 bits per heavy atom. The second-order valence-electron chi connectivity index (χ2n) is 7.34. The first-order valence-electron chi connectivity index (χ1n) is 9.61. The molecule has 1 heterocycles. The van der Waals surface area contributed by atoms with Gasteiger partial charge in [-0.05, 0) is 50.3 Å². The van der Waals surface area contributed by atoms with Gasteiger partial charge < -0.3 is 5.32 Å². The average molecular weight is 414 g/mol. The third kappa shape index (κ3) is 5.22. The highest BCUT2D eigenvalue weighted by Gasteiger charge is 2.33. The molecule has 0 aromatic heterocycles. The van der Waals surface area contributed by atoms with E-state index in [-0.39, 0.29) is 11.9 Å². The molecule has 1 aromatic carbocycles. The second-order valence-corrected chi connectivity index (χ2v) is 9.65. The summed E-state index contributed by atoms with van der Waals surface area (Å²) in [7, 11) is -3.50. The largest absolute Gasteiger partial charge is 0.352 e. The molecule has 0 radical (unpaired) electrons. The van der Waals surface area contributed by atoms with Gasteiger partial charge in [-0.3, -0.25) is 9.69 Å². The summed E-state index contributed by atoms with van der Waals surface area (Å²) >= 11 is 5.71. The highest BCUT2D eigenvalue weighted by molar-refractivity contribution is 7.89. The van der Waals surface area contributed by atoms with E-state index in [9.17, 15) is 13.2 Å². The molecule has 1 saturated carbocycles. The van der Waals surface area contributed by atoms with Gasteiger partial charge in [-0.15, -0.1) is 11.6 Å². The highest BCUT2D eigenvalue weighted by Crippen LogP contribution is 2.21. The second kappa shape index (κ2) is 8.90. The van der Waals surface area contributed by atoms with Crippen molar-refractivity contribution in [2.75, 3.05) is 32.1 Å². The zero-order valence-electron chi connectivity index (χ0n) is 15.7. The number of aryl methyl sites for hydroxylation is 1. The lowest BCUT2D eigenvalue weighted by Crippen LogP contribution is -2.55. The van der Waals surface area contributed by atoms with Crippen LogP contribution in [0.1, 0.15) is 31.7 Å². The van der Waals surface area contributed by atoms with Crippen molar-refractivity contribution in [1.29, 1.82) is 0 Å². The predicted octanol–water partition coefficient (Wildman–Crippen LogP) is 1.83. The van der Waals surface area contributed by atoms with Gasteiger partial charge in [-0.1, -0.05) is 12.1 Å². The van der Waals surface area contributed by atoms with Crippen LogP contribution in [-0.2, 0) is 21.2 Å². The number of nitrogens with one attached hydrogen (secondary N) is 1. The Balaban J connectivity index is 1.56. The van der Waals surface area contributed by atoms with E-state index < -0.39 is 10.0 Å². The monoisotopic (exact) mass is 413 g/mol. The zero-order valence-corrected chi connectivity index (χ0v) is 17.3. The van der Waals surface area contributed by atoms with Crippen LogP contribution in [0.25, 0.3) is 0 Å². The van der Waals surface area contributed by atoms with E-state index in [4.69, 9.17) is 11.6 Å². The van der Waals surface area contributed by atoms with Gasteiger partial charge in [-0.2, -0.15) is 4.31 Å². The maximum atomic E-state index is 12.9. The van der Waals surface area contributed by atoms with Crippen LogP contribution in [-0.4, -0.2) is 67.7 Å². The van der Waals surface area contributed by atoms with Crippen LogP contribution in [0.5, 0.6) is 0 Å². The molecule has 3 rings (SSSR count). The van der Waals surface area contributed by atoms with Crippen molar-refractivity contribution in [2.24, 2.45) is 0 Å². The van der Waals surface area contributed by atoms with Crippen LogP contribution in [0, 0.1) is 0 Å². The molecule has 8 heteroatoms. The van der Waals surface area contributed by atoms with Crippen molar-refractivity contribution in [2.45, 2.75) is 49.6 Å². The highest BCUT2D eigenvalue weighted by atomic mass is 35.5. The van der Waals surface area contributed by atoms with Gasteiger partial charge in [0.1, 0.15) is 0 Å². The Bertz CT molecular complexity index is 742. The van der Waals surface area contributed by atoms with Crippen LogP contribution < -0.4 is 5.32 Å². The first-order chi connectivity index (χ1) is 12.9. The van der Waals surface area contributed by atoms with Crippen LogP contribution in [0.3, 0.4) is 0 Å². The van der Waals surface area contributed by atoms with Gasteiger partial charge in [0.15, 0.2) is 0 Å². The van der Waals surface area contributed by atoms with Crippen LogP contribution in [0.4, 0.5) is 0 Å². The van der Waals surface area contributed by atoms with E-state index in [0.717, 1.165) is 31.2 Å². The fourth-order valence-corrected chi connectivity index (χ4v) is 4.85. The predicted molar refractivity (Wildman–Crippen MR) is 106 cm³/mol. The first-order valence-corrected chi connectivity index (χ1v) is 11.6. The quantitative estimate of drug-likeness (QED) is 0.660. The molecule has 1 aliphatic heterocycles. The minimum atomic E-state index is -3.50. The van der Waals surface area contributed by atoms with Crippen molar-refractivity contribution >= 4 is 27.5 Å². The van der Waals surface area contributed by atoms with E-state index in [1.807, 2.05) is 19.1 Å². The lowest BCUT2D eigenvalue weighted by Gasteiger charge is -2.36. The Morgan fingerprint density at radius 3 is 2.37 bits per heavy atom. The third-order valence-corrected chi connectivity index (χ3v) is 7.46. The summed E-state index contributed by atoms with van der Waals surface area (Å²) in [6.07, 6.45) is 3.86. The van der Waals surface area contributed by atoms with Crippen molar-refractivity contribution < 1.29 is 13.2 Å². The van der Waals surface area contributed by atoms with E-state index in [1.54, 1.807) is 12.1 Å². The molecule has 150 valence electrons. The van der Waals surface area contributed by atoms with Gasteiger partial charge in [0, 0.05) is 38.1 Å². The molecule has 2 fully saturated rings. The molecule has 1 aromatic rings. The maximum absolute atomic E-state index is 12.9. The molecule has 0 bridgehead atoms. The molecule has 2 aliphatic rings. The molecule has 0 spiro atoms. The molecule has 1 N–H and O–H groups in total. The Hall–Kier alpha value is -1.15. The number of sulfonamides is 1. The molecule has 1 saturated heterocycles. The summed E-state index contributed by atoms with van der Waals surface area (Å²) in [6.45, 7) is 3.81. The minimum absolute atomic E-state index is 0.0429. The van der Waals surface area contributed by atoms with E-state index in [0.29, 0.717) is 43.0 Å². The maximum Gasteiger partial charge on any atom is 0.243 e. The summed E-state index contributed by atoms with van der Waals surface area (Å²) in [6, 6.07) is 7.19. The molecule has 1 aliphatic carbocycles. The van der Waals surface area contributed by atoms with Crippen LogP contribution in [0.15, 0.2) is 29.2 Å². The number of benzene rings is 1. The first kappa shape index (κ1) is 20.6. The molecule has 1 atom stereocenters. The Labute approximate surface area is 166 Å². The van der Waals surface area contributed by atoms with Crippen molar-refractivity contribution in [1.82, 2.24) is 14.5 Å². The average Bonchev–Trinajstić information content (AvgIpc) is 3.50. The number of alkyl halides is 1.